The topological polar surface area (TPSA) is 8.20 Å². The van der Waals surface area contributed by atoms with E-state index in [1.54, 1.807) is 0 Å². The van der Waals surface area contributed by atoms with Crippen molar-refractivity contribution in [3.8, 4) is 0 Å². The van der Waals surface area contributed by atoms with Gasteiger partial charge in [-0.05, 0) is 29.0 Å². The Morgan fingerprint density at radius 1 is 0.500 bits per heavy atom. The minimum atomic E-state index is 1.21. The SMILES string of the molecule is c1cc[n+]2cc3ccc4ccc5cc6cccc[n+]6cc5c4c3cc2c1. The lowest BCUT2D eigenvalue weighted by atomic mass is 9.98. The molecule has 0 aliphatic heterocycles. The second-order valence-corrected chi connectivity index (χ2v) is 6.85. The molecular formula is C24H16N2+2. The molecule has 2 aromatic carbocycles. The summed E-state index contributed by atoms with van der Waals surface area (Å²) < 4.78 is 4.39. The third-order valence-corrected chi connectivity index (χ3v) is 5.32. The summed E-state index contributed by atoms with van der Waals surface area (Å²) in [5, 5.41) is 7.72. The molecule has 0 bridgehead atoms. The molecule has 0 N–H and O–H groups in total. The van der Waals surface area contributed by atoms with Gasteiger partial charge in [-0.2, -0.15) is 8.80 Å². The zero-order valence-electron chi connectivity index (χ0n) is 14.1. The van der Waals surface area contributed by atoms with Crippen molar-refractivity contribution < 1.29 is 8.80 Å². The van der Waals surface area contributed by atoms with Crippen molar-refractivity contribution in [3.63, 3.8) is 0 Å². The molecule has 0 fully saturated rings. The first kappa shape index (κ1) is 13.7. The van der Waals surface area contributed by atoms with Gasteiger partial charge in [0.2, 0.25) is 11.0 Å². The van der Waals surface area contributed by atoms with Crippen molar-refractivity contribution in [2.75, 3.05) is 0 Å². The highest BCUT2D eigenvalue weighted by atomic mass is 14.8. The number of fused-ring (bicyclic) bond motifs is 7. The fourth-order valence-corrected chi connectivity index (χ4v) is 4.05. The normalized spacial score (nSPS) is 11.8. The summed E-state index contributed by atoms with van der Waals surface area (Å²) in [6, 6.07) is 26.1. The van der Waals surface area contributed by atoms with E-state index in [9.17, 15) is 0 Å². The molecule has 2 nitrogen and oxygen atoms in total. The summed E-state index contributed by atoms with van der Waals surface area (Å²) in [5.74, 6) is 0. The van der Waals surface area contributed by atoms with E-state index in [1.165, 1.54) is 43.4 Å². The molecule has 0 saturated carbocycles. The molecule has 4 heterocycles. The first-order valence-corrected chi connectivity index (χ1v) is 8.86. The molecule has 0 saturated heterocycles. The highest BCUT2D eigenvalue weighted by Gasteiger charge is 2.13. The molecule has 0 spiro atoms. The van der Waals surface area contributed by atoms with E-state index >= 15 is 0 Å². The van der Waals surface area contributed by atoms with Crippen molar-refractivity contribution >= 4 is 43.4 Å². The van der Waals surface area contributed by atoms with Crippen LogP contribution in [0.1, 0.15) is 0 Å². The van der Waals surface area contributed by atoms with E-state index in [0.29, 0.717) is 0 Å². The molecule has 6 rings (SSSR count). The van der Waals surface area contributed by atoms with Gasteiger partial charge in [0.25, 0.3) is 0 Å². The second-order valence-electron chi connectivity index (χ2n) is 6.85. The van der Waals surface area contributed by atoms with Crippen molar-refractivity contribution in [1.82, 2.24) is 0 Å². The van der Waals surface area contributed by atoms with Gasteiger partial charge in [-0.3, -0.25) is 0 Å². The van der Waals surface area contributed by atoms with Gasteiger partial charge in [0, 0.05) is 52.6 Å². The van der Waals surface area contributed by atoms with Crippen LogP contribution in [-0.2, 0) is 0 Å². The Kier molecular flexibility index (Phi) is 2.64. The molecule has 4 aromatic heterocycles. The molecule has 0 radical (unpaired) electrons. The monoisotopic (exact) mass is 332 g/mol. The number of benzene rings is 2. The molecule has 0 aliphatic rings. The number of pyridine rings is 4. The maximum atomic E-state index is 2.30. The molecule has 0 amide bonds. The van der Waals surface area contributed by atoms with E-state index in [1.807, 2.05) is 0 Å². The second kappa shape index (κ2) is 4.99. The third-order valence-electron chi connectivity index (χ3n) is 5.32. The number of hydrogen-bond acceptors (Lipinski definition) is 0. The highest BCUT2D eigenvalue weighted by Crippen LogP contribution is 2.31. The maximum Gasteiger partial charge on any atom is 0.211 e. The molecule has 0 unspecified atom stereocenters. The standard InChI is InChI=1S/C24H16N2/c1-4-12-26-16-23-18(13-20(26)5-1)9-7-17-8-10-19-15-25-11-3-2-6-21(25)14-22(19)24(17)23/h1-16H/q+2. The fraction of sp³-hybridized carbons (Fsp3) is 0. The van der Waals surface area contributed by atoms with Crippen LogP contribution in [0.2, 0.25) is 0 Å². The summed E-state index contributed by atoms with van der Waals surface area (Å²) in [7, 11) is 0. The summed E-state index contributed by atoms with van der Waals surface area (Å²) in [6.07, 6.45) is 8.70. The Hall–Kier alpha value is -3.52. The van der Waals surface area contributed by atoms with Crippen LogP contribution < -0.4 is 8.80 Å². The van der Waals surface area contributed by atoms with Crippen LogP contribution in [0.3, 0.4) is 0 Å². The highest BCUT2D eigenvalue weighted by molar-refractivity contribution is 6.20. The van der Waals surface area contributed by atoms with Crippen molar-refractivity contribution in [2.45, 2.75) is 0 Å². The Morgan fingerprint density at radius 2 is 1.15 bits per heavy atom. The summed E-state index contributed by atoms with van der Waals surface area (Å²) >= 11 is 0. The summed E-state index contributed by atoms with van der Waals surface area (Å²) in [6.45, 7) is 0. The smallest absolute Gasteiger partial charge is 0.167 e. The van der Waals surface area contributed by atoms with Gasteiger partial charge < -0.3 is 0 Å². The predicted octanol–water partition coefficient (Wildman–Crippen LogP) is 4.62. The molecule has 0 atom stereocenters. The Bertz CT molecular complexity index is 1370. The zero-order chi connectivity index (χ0) is 17.1. The van der Waals surface area contributed by atoms with Crippen LogP contribution in [0.4, 0.5) is 0 Å². The van der Waals surface area contributed by atoms with Gasteiger partial charge in [0.15, 0.2) is 24.8 Å². The van der Waals surface area contributed by atoms with Gasteiger partial charge in [0.1, 0.15) is 0 Å². The van der Waals surface area contributed by atoms with Crippen LogP contribution in [-0.4, -0.2) is 0 Å². The van der Waals surface area contributed by atoms with E-state index in [-0.39, 0.29) is 0 Å². The molecule has 0 aliphatic carbocycles. The Morgan fingerprint density at radius 3 is 1.96 bits per heavy atom. The first-order valence-electron chi connectivity index (χ1n) is 8.86. The lowest BCUT2D eigenvalue weighted by Gasteiger charge is -2.06. The minimum Gasteiger partial charge on any atom is -0.167 e. The molecular weight excluding hydrogens is 316 g/mol. The van der Waals surface area contributed by atoms with Gasteiger partial charge in [-0.1, -0.05) is 18.2 Å². The van der Waals surface area contributed by atoms with Gasteiger partial charge in [0.05, 0.1) is 5.39 Å². The molecule has 6 aromatic rings. The maximum absolute atomic E-state index is 2.30. The van der Waals surface area contributed by atoms with Crippen molar-refractivity contribution in [1.29, 1.82) is 0 Å². The number of hydrogen-bond donors (Lipinski definition) is 0. The fourth-order valence-electron chi connectivity index (χ4n) is 4.05. The predicted molar refractivity (Wildman–Crippen MR) is 105 cm³/mol. The van der Waals surface area contributed by atoms with E-state index in [0.717, 1.165) is 0 Å². The van der Waals surface area contributed by atoms with E-state index in [2.05, 4.69) is 106 Å². The van der Waals surface area contributed by atoms with Crippen LogP contribution in [0, 0.1) is 0 Å². The van der Waals surface area contributed by atoms with Crippen molar-refractivity contribution in [3.05, 3.63) is 97.6 Å². The molecule has 26 heavy (non-hydrogen) atoms. The number of rotatable bonds is 0. The van der Waals surface area contributed by atoms with Crippen LogP contribution >= 0.6 is 0 Å². The minimum absolute atomic E-state index is 1.21. The zero-order valence-corrected chi connectivity index (χ0v) is 14.1. The van der Waals surface area contributed by atoms with E-state index < -0.39 is 0 Å². The molecule has 120 valence electrons. The summed E-state index contributed by atoms with van der Waals surface area (Å²) in [5.41, 5.74) is 2.42. The van der Waals surface area contributed by atoms with Gasteiger partial charge >= 0.3 is 0 Å². The average molecular weight is 332 g/mol. The van der Waals surface area contributed by atoms with Crippen LogP contribution in [0.5, 0.6) is 0 Å². The number of aromatic nitrogens is 2. The Balaban J connectivity index is 1.88. The third kappa shape index (κ3) is 1.87. The van der Waals surface area contributed by atoms with Crippen LogP contribution in [0.25, 0.3) is 43.4 Å². The van der Waals surface area contributed by atoms with Gasteiger partial charge in [-0.15, -0.1) is 0 Å². The largest absolute Gasteiger partial charge is 0.211 e. The van der Waals surface area contributed by atoms with Gasteiger partial charge in [-0.25, -0.2) is 0 Å². The first-order chi connectivity index (χ1) is 12.9. The Labute approximate surface area is 150 Å². The quantitative estimate of drug-likeness (QED) is 0.218. The molecule has 2 heteroatoms. The number of nitrogens with zero attached hydrogens (tertiary/aromatic N) is 2. The lowest BCUT2D eigenvalue weighted by molar-refractivity contribution is -0.510. The summed E-state index contributed by atoms with van der Waals surface area (Å²) in [4.78, 5) is 0. The lowest BCUT2D eigenvalue weighted by Crippen LogP contribution is -2.20. The van der Waals surface area contributed by atoms with E-state index in [4.69, 9.17) is 0 Å². The average Bonchev–Trinajstić information content (AvgIpc) is 2.70. The van der Waals surface area contributed by atoms with Crippen LogP contribution in [0.15, 0.2) is 97.6 Å². The van der Waals surface area contributed by atoms with Crippen molar-refractivity contribution in [2.24, 2.45) is 0 Å².